The Labute approximate surface area is 127 Å². The van der Waals surface area contributed by atoms with Crippen molar-refractivity contribution < 1.29 is 9.53 Å². The summed E-state index contributed by atoms with van der Waals surface area (Å²) >= 11 is 0. The van der Waals surface area contributed by atoms with Crippen LogP contribution >= 0.6 is 0 Å². The fraction of sp³-hybridized carbons (Fsp3) is 0.588. The lowest BCUT2D eigenvalue weighted by Crippen LogP contribution is -2.42. The Bertz CT molecular complexity index is 498. The number of hydrogen-bond donors (Lipinski definition) is 0. The molecule has 1 unspecified atom stereocenters. The third-order valence-corrected chi connectivity index (χ3v) is 4.37. The van der Waals surface area contributed by atoms with Gasteiger partial charge in [-0.25, -0.2) is 4.79 Å². The molecule has 1 amide bonds. The molecule has 1 aliphatic heterocycles. The van der Waals surface area contributed by atoms with Crippen LogP contribution in [0.2, 0.25) is 0 Å². The lowest BCUT2D eigenvalue weighted by molar-refractivity contribution is 0.100. The number of benzene rings is 1. The third-order valence-electron chi connectivity index (χ3n) is 4.37. The van der Waals surface area contributed by atoms with Crippen molar-refractivity contribution in [1.29, 1.82) is 0 Å². The van der Waals surface area contributed by atoms with E-state index in [1.807, 2.05) is 0 Å². The van der Waals surface area contributed by atoms with Crippen LogP contribution < -0.4 is 0 Å². The minimum absolute atomic E-state index is 0.189. The predicted octanol–water partition coefficient (Wildman–Crippen LogP) is 3.04. The summed E-state index contributed by atoms with van der Waals surface area (Å²) in [7, 11) is 1.44. The van der Waals surface area contributed by atoms with Crippen LogP contribution in [0.3, 0.4) is 0 Å². The minimum Gasteiger partial charge on any atom is -0.453 e. The van der Waals surface area contributed by atoms with Crippen molar-refractivity contribution in [3.63, 3.8) is 0 Å². The Morgan fingerprint density at radius 1 is 1.33 bits per heavy atom. The molecule has 0 aliphatic carbocycles. The van der Waals surface area contributed by atoms with Gasteiger partial charge in [0.25, 0.3) is 0 Å². The van der Waals surface area contributed by atoms with E-state index in [-0.39, 0.29) is 12.1 Å². The summed E-state index contributed by atoms with van der Waals surface area (Å²) in [4.78, 5) is 16.0. The van der Waals surface area contributed by atoms with Gasteiger partial charge in [0.05, 0.1) is 7.11 Å². The van der Waals surface area contributed by atoms with Crippen molar-refractivity contribution in [1.82, 2.24) is 9.80 Å². The van der Waals surface area contributed by atoms with E-state index < -0.39 is 0 Å². The average molecular weight is 290 g/mol. The molecule has 1 heterocycles. The van der Waals surface area contributed by atoms with Crippen LogP contribution in [0.25, 0.3) is 0 Å². The number of rotatable bonds is 4. The molecule has 0 N–H and O–H groups in total. The standard InChI is InChI=1S/C17H26N2O2/c1-5-18(6-2)11-14-7-8-15-12-19(17(20)21-4)13(3)9-16(15)10-14/h7-8,10,13H,5-6,9,11-12H2,1-4H3. The van der Waals surface area contributed by atoms with Crippen LogP contribution in [0.15, 0.2) is 18.2 Å². The first kappa shape index (κ1) is 15.8. The fourth-order valence-electron chi connectivity index (χ4n) is 2.96. The first-order chi connectivity index (χ1) is 10.1. The van der Waals surface area contributed by atoms with Crippen LogP contribution in [0.4, 0.5) is 4.79 Å². The molecule has 2 rings (SSSR count). The van der Waals surface area contributed by atoms with Crippen LogP contribution in [0, 0.1) is 0 Å². The van der Waals surface area contributed by atoms with Crippen molar-refractivity contribution in [2.75, 3.05) is 20.2 Å². The molecular formula is C17H26N2O2. The summed E-state index contributed by atoms with van der Waals surface area (Å²) in [5.74, 6) is 0. The van der Waals surface area contributed by atoms with Gasteiger partial charge >= 0.3 is 6.09 Å². The highest BCUT2D eigenvalue weighted by molar-refractivity contribution is 5.68. The van der Waals surface area contributed by atoms with Crippen molar-refractivity contribution in [2.24, 2.45) is 0 Å². The summed E-state index contributed by atoms with van der Waals surface area (Å²) < 4.78 is 4.86. The van der Waals surface area contributed by atoms with Crippen LogP contribution in [0.1, 0.15) is 37.5 Å². The lowest BCUT2D eigenvalue weighted by atomic mass is 9.93. The highest BCUT2D eigenvalue weighted by atomic mass is 16.5. The summed E-state index contributed by atoms with van der Waals surface area (Å²) in [5, 5.41) is 0. The maximum Gasteiger partial charge on any atom is 0.410 e. The molecule has 1 aliphatic rings. The number of nitrogens with zero attached hydrogens (tertiary/aromatic N) is 2. The molecule has 4 heteroatoms. The van der Waals surface area contributed by atoms with E-state index in [0.717, 1.165) is 26.1 Å². The quantitative estimate of drug-likeness (QED) is 0.854. The van der Waals surface area contributed by atoms with E-state index in [1.54, 1.807) is 4.90 Å². The molecule has 21 heavy (non-hydrogen) atoms. The van der Waals surface area contributed by atoms with Crippen LogP contribution in [-0.2, 0) is 24.2 Å². The number of carbonyl (C=O) groups is 1. The zero-order valence-electron chi connectivity index (χ0n) is 13.6. The normalized spacial score (nSPS) is 17.8. The molecule has 1 aromatic carbocycles. The van der Waals surface area contributed by atoms with Crippen molar-refractivity contribution in [2.45, 2.75) is 46.3 Å². The number of hydrogen-bond acceptors (Lipinski definition) is 3. The molecule has 1 atom stereocenters. The van der Waals surface area contributed by atoms with E-state index in [0.29, 0.717) is 6.54 Å². The zero-order chi connectivity index (χ0) is 15.4. The SMILES string of the molecule is CCN(CC)Cc1ccc2c(c1)CC(C)N(C(=O)OC)C2. The third kappa shape index (κ3) is 3.56. The monoisotopic (exact) mass is 290 g/mol. The van der Waals surface area contributed by atoms with Crippen molar-refractivity contribution in [3.05, 3.63) is 34.9 Å². The number of methoxy groups -OCH3 is 1. The molecule has 4 nitrogen and oxygen atoms in total. The van der Waals surface area contributed by atoms with E-state index in [1.165, 1.54) is 23.8 Å². The van der Waals surface area contributed by atoms with Gasteiger partial charge in [0.2, 0.25) is 0 Å². The highest BCUT2D eigenvalue weighted by Gasteiger charge is 2.27. The Balaban J connectivity index is 2.16. The van der Waals surface area contributed by atoms with Crippen molar-refractivity contribution >= 4 is 6.09 Å². The van der Waals surface area contributed by atoms with Gasteiger partial charge in [-0.2, -0.15) is 0 Å². The van der Waals surface area contributed by atoms with Gasteiger partial charge in [0.1, 0.15) is 0 Å². The second-order valence-electron chi connectivity index (χ2n) is 5.72. The van der Waals surface area contributed by atoms with Gasteiger partial charge in [0, 0.05) is 19.1 Å². The first-order valence-electron chi connectivity index (χ1n) is 7.76. The smallest absolute Gasteiger partial charge is 0.410 e. The molecule has 0 saturated carbocycles. The molecule has 116 valence electrons. The Hall–Kier alpha value is -1.55. The molecular weight excluding hydrogens is 264 g/mol. The molecule has 0 spiro atoms. The fourth-order valence-corrected chi connectivity index (χ4v) is 2.96. The van der Waals surface area contributed by atoms with Gasteiger partial charge in [-0.3, -0.25) is 4.90 Å². The number of carbonyl (C=O) groups excluding carboxylic acids is 1. The molecule has 1 aromatic rings. The summed E-state index contributed by atoms with van der Waals surface area (Å²) in [6, 6.07) is 6.84. The molecule has 0 saturated heterocycles. The topological polar surface area (TPSA) is 32.8 Å². The number of fused-ring (bicyclic) bond motifs is 1. The molecule has 0 aromatic heterocycles. The summed E-state index contributed by atoms with van der Waals surface area (Å²) in [5.41, 5.74) is 3.96. The van der Waals surface area contributed by atoms with Gasteiger partial charge in [0.15, 0.2) is 0 Å². The Morgan fingerprint density at radius 2 is 2.05 bits per heavy atom. The van der Waals surface area contributed by atoms with Crippen molar-refractivity contribution in [3.8, 4) is 0 Å². The lowest BCUT2D eigenvalue weighted by Gasteiger charge is -2.34. The maximum absolute atomic E-state index is 11.8. The largest absolute Gasteiger partial charge is 0.453 e. The first-order valence-corrected chi connectivity index (χ1v) is 7.76. The van der Waals surface area contributed by atoms with E-state index in [4.69, 9.17) is 4.74 Å². The Morgan fingerprint density at radius 3 is 2.67 bits per heavy atom. The summed E-state index contributed by atoms with van der Waals surface area (Å²) in [6.45, 7) is 10.2. The Kier molecular flexibility index (Phi) is 5.23. The van der Waals surface area contributed by atoms with E-state index in [2.05, 4.69) is 43.9 Å². The van der Waals surface area contributed by atoms with Gasteiger partial charge in [-0.1, -0.05) is 32.0 Å². The van der Waals surface area contributed by atoms with Gasteiger partial charge in [-0.15, -0.1) is 0 Å². The minimum atomic E-state index is -0.236. The average Bonchev–Trinajstić information content (AvgIpc) is 2.51. The highest BCUT2D eigenvalue weighted by Crippen LogP contribution is 2.25. The number of amides is 1. The van der Waals surface area contributed by atoms with Gasteiger partial charge in [-0.05, 0) is 43.1 Å². The molecule has 0 fully saturated rings. The van der Waals surface area contributed by atoms with Crippen LogP contribution in [0.5, 0.6) is 0 Å². The predicted molar refractivity (Wildman–Crippen MR) is 84.2 cm³/mol. The molecule has 0 bridgehead atoms. The maximum atomic E-state index is 11.8. The zero-order valence-corrected chi connectivity index (χ0v) is 13.6. The second kappa shape index (κ2) is 6.94. The molecule has 0 radical (unpaired) electrons. The van der Waals surface area contributed by atoms with E-state index in [9.17, 15) is 4.79 Å². The van der Waals surface area contributed by atoms with Gasteiger partial charge < -0.3 is 9.64 Å². The van der Waals surface area contributed by atoms with Crippen LogP contribution in [-0.4, -0.2) is 42.1 Å². The summed E-state index contributed by atoms with van der Waals surface area (Å²) in [6.07, 6.45) is 0.664. The number of ether oxygens (including phenoxy) is 1. The van der Waals surface area contributed by atoms with E-state index >= 15 is 0 Å². The second-order valence-corrected chi connectivity index (χ2v) is 5.72.